The average molecular weight is 462 g/mol. The maximum absolute atomic E-state index is 12.6. The first-order chi connectivity index (χ1) is 14.6. The normalized spacial score (nSPS) is 11.5. The Hall–Kier alpha value is -2.81. The number of anilines is 2. The molecule has 1 aromatic heterocycles. The molecule has 9 heteroatoms. The third kappa shape index (κ3) is 5.88. The molecule has 0 spiro atoms. The Morgan fingerprint density at radius 1 is 1.06 bits per heavy atom. The van der Waals surface area contributed by atoms with E-state index >= 15 is 0 Å². The first-order valence-corrected chi connectivity index (χ1v) is 11.7. The fourth-order valence-corrected chi connectivity index (χ4v) is 4.08. The first kappa shape index (κ1) is 22.9. The third-order valence-electron chi connectivity index (χ3n) is 4.67. The number of hydrogen-bond acceptors (Lipinski definition) is 5. The van der Waals surface area contributed by atoms with Crippen molar-refractivity contribution < 1.29 is 17.6 Å². The second kappa shape index (κ2) is 9.55. The summed E-state index contributed by atoms with van der Waals surface area (Å²) in [6, 6.07) is 15.6. The zero-order valence-electron chi connectivity index (χ0n) is 17.5. The van der Waals surface area contributed by atoms with Crippen molar-refractivity contribution in [2.45, 2.75) is 13.1 Å². The van der Waals surface area contributed by atoms with Gasteiger partial charge < -0.3 is 14.6 Å². The number of benzene rings is 2. The Kier molecular flexibility index (Phi) is 7.04. The van der Waals surface area contributed by atoms with Gasteiger partial charge in [0.2, 0.25) is 10.0 Å². The van der Waals surface area contributed by atoms with Crippen LogP contribution in [0.15, 0.2) is 65.3 Å². The molecule has 2 aromatic carbocycles. The number of furan rings is 1. The zero-order chi connectivity index (χ0) is 22.6. The summed E-state index contributed by atoms with van der Waals surface area (Å²) in [5.41, 5.74) is 2.47. The fraction of sp³-hybridized carbons (Fsp3) is 0.227. The summed E-state index contributed by atoms with van der Waals surface area (Å²) in [6.07, 6.45) is 2.67. The van der Waals surface area contributed by atoms with E-state index in [0.717, 1.165) is 17.5 Å². The van der Waals surface area contributed by atoms with E-state index < -0.39 is 10.0 Å². The number of amides is 1. The molecule has 31 heavy (non-hydrogen) atoms. The highest BCUT2D eigenvalue weighted by atomic mass is 35.5. The second-order valence-electron chi connectivity index (χ2n) is 7.28. The van der Waals surface area contributed by atoms with Crippen molar-refractivity contribution in [3.05, 3.63) is 82.8 Å². The topological polar surface area (TPSA) is 82.9 Å². The van der Waals surface area contributed by atoms with E-state index in [-0.39, 0.29) is 19.0 Å². The molecule has 3 rings (SSSR count). The van der Waals surface area contributed by atoms with Crippen LogP contribution in [0.4, 0.5) is 11.4 Å². The van der Waals surface area contributed by atoms with Gasteiger partial charge >= 0.3 is 0 Å². The van der Waals surface area contributed by atoms with Crippen LogP contribution in [0, 0.1) is 0 Å². The molecular weight excluding hydrogens is 438 g/mol. The van der Waals surface area contributed by atoms with Crippen LogP contribution in [0.25, 0.3) is 0 Å². The van der Waals surface area contributed by atoms with Gasteiger partial charge in [0.1, 0.15) is 5.76 Å². The number of halogens is 1. The Morgan fingerprint density at radius 3 is 2.42 bits per heavy atom. The van der Waals surface area contributed by atoms with Crippen LogP contribution >= 0.6 is 11.6 Å². The molecule has 0 saturated carbocycles. The summed E-state index contributed by atoms with van der Waals surface area (Å²) in [5, 5.41) is 3.19. The minimum Gasteiger partial charge on any atom is -0.468 e. The van der Waals surface area contributed by atoms with Crippen LogP contribution in [-0.2, 0) is 23.1 Å². The summed E-state index contributed by atoms with van der Waals surface area (Å²) in [5.74, 6) is 0.199. The van der Waals surface area contributed by atoms with Crippen LogP contribution in [0.1, 0.15) is 21.7 Å². The number of hydrogen-bond donors (Lipinski definition) is 1. The zero-order valence-corrected chi connectivity index (χ0v) is 19.1. The Morgan fingerprint density at radius 2 is 1.81 bits per heavy atom. The smallest absolute Gasteiger partial charge is 0.257 e. The molecule has 0 bridgehead atoms. The Bertz CT molecular complexity index is 1160. The monoisotopic (exact) mass is 461 g/mol. The summed E-state index contributed by atoms with van der Waals surface area (Å²) < 4.78 is 31.5. The lowest BCUT2D eigenvalue weighted by molar-refractivity contribution is 0.102. The van der Waals surface area contributed by atoms with Gasteiger partial charge in [-0.2, -0.15) is 4.31 Å². The van der Waals surface area contributed by atoms with E-state index in [1.165, 1.54) is 10.6 Å². The first-order valence-electron chi connectivity index (χ1n) is 9.49. The van der Waals surface area contributed by atoms with E-state index in [2.05, 4.69) is 5.32 Å². The molecule has 0 radical (unpaired) electrons. The van der Waals surface area contributed by atoms with E-state index in [4.69, 9.17) is 16.0 Å². The van der Waals surface area contributed by atoms with E-state index in [1.54, 1.807) is 48.5 Å². The summed E-state index contributed by atoms with van der Waals surface area (Å²) in [4.78, 5) is 14.5. The molecule has 0 unspecified atom stereocenters. The molecule has 0 saturated heterocycles. The average Bonchev–Trinajstić information content (AvgIpc) is 3.20. The highest BCUT2D eigenvalue weighted by molar-refractivity contribution is 7.88. The predicted octanol–water partition coefficient (Wildman–Crippen LogP) is 4.21. The summed E-state index contributed by atoms with van der Waals surface area (Å²) in [7, 11) is 0.230. The standard InChI is InChI=1S/C22H24ClN3O4S/c1-25(2)21-11-10-17(24-22(27)19-8-4-5-9-20(19)23)13-16(21)14-26(31(3,28)29)15-18-7-6-12-30-18/h4-13H,14-15H2,1-3H3,(H,24,27). The molecule has 0 aliphatic heterocycles. The molecule has 0 aliphatic rings. The Balaban J connectivity index is 1.90. The fourth-order valence-electron chi connectivity index (χ4n) is 3.13. The van der Waals surface area contributed by atoms with E-state index in [9.17, 15) is 13.2 Å². The number of nitrogens with zero attached hydrogens (tertiary/aromatic N) is 2. The van der Waals surface area contributed by atoms with Crippen molar-refractivity contribution in [1.29, 1.82) is 0 Å². The molecule has 7 nitrogen and oxygen atoms in total. The molecule has 3 aromatic rings. The van der Waals surface area contributed by atoms with Crippen molar-refractivity contribution in [2.24, 2.45) is 0 Å². The minimum atomic E-state index is -3.52. The SMILES string of the molecule is CN(C)c1ccc(NC(=O)c2ccccc2Cl)cc1CN(Cc1ccco1)S(C)(=O)=O. The predicted molar refractivity (Wildman–Crippen MR) is 123 cm³/mol. The van der Waals surface area contributed by atoms with Crippen LogP contribution in [0.5, 0.6) is 0 Å². The maximum atomic E-state index is 12.6. The Labute approximate surface area is 187 Å². The van der Waals surface area contributed by atoms with Crippen LogP contribution in [-0.4, -0.2) is 39.0 Å². The highest BCUT2D eigenvalue weighted by Crippen LogP contribution is 2.27. The quantitative estimate of drug-likeness (QED) is 0.543. The van der Waals surface area contributed by atoms with Gasteiger partial charge in [-0.05, 0) is 48.0 Å². The van der Waals surface area contributed by atoms with E-state index in [0.29, 0.717) is 22.0 Å². The molecule has 1 amide bonds. The molecule has 0 aliphatic carbocycles. The van der Waals surface area contributed by atoms with Crippen molar-refractivity contribution in [1.82, 2.24) is 4.31 Å². The maximum Gasteiger partial charge on any atom is 0.257 e. The van der Waals surface area contributed by atoms with Crippen LogP contribution in [0.2, 0.25) is 5.02 Å². The third-order valence-corrected chi connectivity index (χ3v) is 6.19. The molecular formula is C22H24ClN3O4S. The lowest BCUT2D eigenvalue weighted by atomic mass is 10.1. The van der Waals surface area contributed by atoms with Gasteiger partial charge in [0, 0.05) is 32.0 Å². The minimum absolute atomic E-state index is 0.106. The van der Waals surface area contributed by atoms with Crippen molar-refractivity contribution in [3.63, 3.8) is 0 Å². The molecule has 1 N–H and O–H groups in total. The van der Waals surface area contributed by atoms with E-state index in [1.807, 2.05) is 25.1 Å². The number of rotatable bonds is 8. The largest absolute Gasteiger partial charge is 0.468 e. The van der Waals surface area contributed by atoms with Crippen molar-refractivity contribution in [2.75, 3.05) is 30.6 Å². The molecule has 0 fully saturated rings. The van der Waals surface area contributed by atoms with Crippen LogP contribution < -0.4 is 10.2 Å². The van der Waals surface area contributed by atoms with Gasteiger partial charge in [-0.1, -0.05) is 23.7 Å². The van der Waals surface area contributed by atoms with Gasteiger partial charge in [0.05, 0.1) is 29.6 Å². The lowest BCUT2D eigenvalue weighted by Crippen LogP contribution is -2.29. The highest BCUT2D eigenvalue weighted by Gasteiger charge is 2.21. The van der Waals surface area contributed by atoms with Gasteiger partial charge in [0.15, 0.2) is 0 Å². The number of carbonyl (C=O) groups is 1. The van der Waals surface area contributed by atoms with Gasteiger partial charge in [0.25, 0.3) is 5.91 Å². The summed E-state index contributed by atoms with van der Waals surface area (Å²) in [6.45, 7) is 0.220. The van der Waals surface area contributed by atoms with Crippen LogP contribution in [0.3, 0.4) is 0 Å². The molecule has 0 atom stereocenters. The lowest BCUT2D eigenvalue weighted by Gasteiger charge is -2.24. The van der Waals surface area contributed by atoms with Crippen molar-refractivity contribution >= 4 is 38.9 Å². The molecule has 164 valence electrons. The van der Waals surface area contributed by atoms with Gasteiger partial charge in [-0.15, -0.1) is 0 Å². The molecule has 1 heterocycles. The number of carbonyl (C=O) groups excluding carboxylic acids is 1. The second-order valence-corrected chi connectivity index (χ2v) is 9.67. The van der Waals surface area contributed by atoms with Gasteiger partial charge in [-0.3, -0.25) is 4.79 Å². The van der Waals surface area contributed by atoms with Gasteiger partial charge in [-0.25, -0.2) is 8.42 Å². The van der Waals surface area contributed by atoms with Crippen molar-refractivity contribution in [3.8, 4) is 0 Å². The number of sulfonamides is 1. The number of nitrogens with one attached hydrogen (secondary N) is 1. The summed E-state index contributed by atoms with van der Waals surface area (Å²) >= 11 is 6.12.